The Kier molecular flexibility index (Phi) is 3.82. The van der Waals surface area contributed by atoms with E-state index in [1.165, 1.54) is 5.56 Å². The molecule has 0 aliphatic heterocycles. The van der Waals surface area contributed by atoms with Crippen molar-refractivity contribution in [3.05, 3.63) is 42.2 Å². The van der Waals surface area contributed by atoms with E-state index in [-0.39, 0.29) is 6.17 Å². The van der Waals surface area contributed by atoms with E-state index in [1.807, 2.05) is 24.5 Å². The van der Waals surface area contributed by atoms with Gasteiger partial charge in [0.2, 0.25) is 0 Å². The van der Waals surface area contributed by atoms with Gasteiger partial charge in [0, 0.05) is 18.0 Å². The second-order valence-corrected chi connectivity index (χ2v) is 5.17. The van der Waals surface area contributed by atoms with Gasteiger partial charge in [0.25, 0.3) is 0 Å². The Labute approximate surface area is 109 Å². The molecule has 1 atom stereocenters. The molecule has 0 saturated carbocycles. The van der Waals surface area contributed by atoms with E-state index in [0.717, 1.165) is 17.8 Å². The zero-order valence-corrected chi connectivity index (χ0v) is 11.3. The van der Waals surface area contributed by atoms with Gasteiger partial charge >= 0.3 is 0 Å². The van der Waals surface area contributed by atoms with Gasteiger partial charge in [-0.25, -0.2) is 4.98 Å². The van der Waals surface area contributed by atoms with Crippen molar-refractivity contribution in [3.8, 4) is 11.4 Å². The zero-order chi connectivity index (χ0) is 13.1. The van der Waals surface area contributed by atoms with Crippen LogP contribution in [0.5, 0.6) is 0 Å². The minimum atomic E-state index is -0.0119. The SMILES string of the molecule is Cc1ccccc1-c1nccn1C(N)CC(C)C. The van der Waals surface area contributed by atoms with E-state index in [2.05, 4.69) is 42.5 Å². The molecule has 2 N–H and O–H groups in total. The Morgan fingerprint density at radius 1 is 1.28 bits per heavy atom. The smallest absolute Gasteiger partial charge is 0.141 e. The van der Waals surface area contributed by atoms with Crippen molar-refractivity contribution >= 4 is 0 Å². The normalized spacial score (nSPS) is 12.9. The number of aryl methyl sites for hydroxylation is 1. The molecule has 1 heterocycles. The van der Waals surface area contributed by atoms with E-state index >= 15 is 0 Å². The van der Waals surface area contributed by atoms with Gasteiger partial charge < -0.3 is 10.3 Å². The molecule has 0 amide bonds. The Morgan fingerprint density at radius 2 is 2.00 bits per heavy atom. The average Bonchev–Trinajstić information content (AvgIpc) is 2.77. The minimum absolute atomic E-state index is 0.0119. The van der Waals surface area contributed by atoms with Gasteiger partial charge in [-0.05, 0) is 24.8 Å². The average molecular weight is 243 g/mol. The van der Waals surface area contributed by atoms with Crippen molar-refractivity contribution < 1.29 is 0 Å². The highest BCUT2D eigenvalue weighted by atomic mass is 15.1. The summed E-state index contributed by atoms with van der Waals surface area (Å²) in [5, 5.41) is 0. The molecular weight excluding hydrogens is 222 g/mol. The maximum atomic E-state index is 6.25. The summed E-state index contributed by atoms with van der Waals surface area (Å²) in [5.41, 5.74) is 8.63. The Balaban J connectivity index is 2.36. The highest BCUT2D eigenvalue weighted by molar-refractivity contribution is 5.60. The highest BCUT2D eigenvalue weighted by Gasteiger charge is 2.14. The van der Waals surface area contributed by atoms with Gasteiger partial charge in [0.1, 0.15) is 5.82 Å². The fraction of sp³-hybridized carbons (Fsp3) is 0.400. The highest BCUT2D eigenvalue weighted by Crippen LogP contribution is 2.24. The predicted octanol–water partition coefficient (Wildman–Crippen LogP) is 3.36. The lowest BCUT2D eigenvalue weighted by molar-refractivity contribution is 0.414. The molecule has 1 aromatic heterocycles. The van der Waals surface area contributed by atoms with Crippen LogP contribution in [0.2, 0.25) is 0 Å². The van der Waals surface area contributed by atoms with E-state index in [9.17, 15) is 0 Å². The van der Waals surface area contributed by atoms with E-state index in [1.54, 1.807) is 0 Å². The molecule has 3 nitrogen and oxygen atoms in total. The molecule has 1 unspecified atom stereocenters. The third-order valence-electron chi connectivity index (χ3n) is 3.12. The molecule has 0 fully saturated rings. The number of imidazole rings is 1. The molecule has 0 spiro atoms. The number of rotatable bonds is 4. The molecular formula is C15H21N3. The van der Waals surface area contributed by atoms with Crippen LogP contribution in [0.4, 0.5) is 0 Å². The van der Waals surface area contributed by atoms with Gasteiger partial charge in [-0.1, -0.05) is 38.1 Å². The van der Waals surface area contributed by atoms with Crippen LogP contribution in [0.15, 0.2) is 36.7 Å². The van der Waals surface area contributed by atoms with Gasteiger partial charge in [-0.15, -0.1) is 0 Å². The number of aromatic nitrogens is 2. The third kappa shape index (κ3) is 2.62. The van der Waals surface area contributed by atoms with Crippen molar-refractivity contribution in [2.75, 3.05) is 0 Å². The quantitative estimate of drug-likeness (QED) is 0.894. The summed E-state index contributed by atoms with van der Waals surface area (Å²) in [5.74, 6) is 1.54. The lowest BCUT2D eigenvalue weighted by Gasteiger charge is -2.19. The maximum Gasteiger partial charge on any atom is 0.141 e. The number of nitrogens with two attached hydrogens (primary N) is 1. The molecule has 18 heavy (non-hydrogen) atoms. The maximum absolute atomic E-state index is 6.25. The fourth-order valence-corrected chi connectivity index (χ4v) is 2.21. The molecule has 0 saturated heterocycles. The second kappa shape index (κ2) is 5.36. The molecule has 2 aromatic rings. The molecule has 1 aromatic carbocycles. The van der Waals surface area contributed by atoms with Crippen molar-refractivity contribution in [1.29, 1.82) is 0 Å². The molecule has 0 radical (unpaired) electrons. The molecule has 96 valence electrons. The molecule has 3 heteroatoms. The predicted molar refractivity (Wildman–Crippen MR) is 75.1 cm³/mol. The number of hydrogen-bond acceptors (Lipinski definition) is 2. The van der Waals surface area contributed by atoms with Crippen LogP contribution in [0, 0.1) is 12.8 Å². The van der Waals surface area contributed by atoms with Crippen LogP contribution in [0.25, 0.3) is 11.4 Å². The standard InChI is InChI=1S/C15H21N3/c1-11(2)10-14(16)18-9-8-17-15(18)13-7-5-4-6-12(13)3/h4-9,11,14H,10,16H2,1-3H3. The number of benzene rings is 1. The van der Waals surface area contributed by atoms with E-state index in [0.29, 0.717) is 5.92 Å². The molecule has 2 rings (SSSR count). The lowest BCUT2D eigenvalue weighted by Crippen LogP contribution is -2.20. The van der Waals surface area contributed by atoms with Gasteiger partial charge in [-0.2, -0.15) is 0 Å². The first-order chi connectivity index (χ1) is 8.59. The van der Waals surface area contributed by atoms with Crippen molar-refractivity contribution in [3.63, 3.8) is 0 Å². The van der Waals surface area contributed by atoms with Crippen molar-refractivity contribution in [1.82, 2.24) is 9.55 Å². The summed E-state index contributed by atoms with van der Waals surface area (Å²) in [6.45, 7) is 6.47. The minimum Gasteiger partial charge on any atom is -0.315 e. The third-order valence-corrected chi connectivity index (χ3v) is 3.12. The lowest BCUT2D eigenvalue weighted by atomic mass is 10.1. The largest absolute Gasteiger partial charge is 0.315 e. The topological polar surface area (TPSA) is 43.8 Å². The monoisotopic (exact) mass is 243 g/mol. The van der Waals surface area contributed by atoms with Crippen molar-refractivity contribution in [2.24, 2.45) is 11.7 Å². The number of nitrogens with zero attached hydrogens (tertiary/aromatic N) is 2. The van der Waals surface area contributed by atoms with Crippen LogP contribution < -0.4 is 5.73 Å². The fourth-order valence-electron chi connectivity index (χ4n) is 2.21. The van der Waals surface area contributed by atoms with Crippen LogP contribution >= 0.6 is 0 Å². The summed E-state index contributed by atoms with van der Waals surface area (Å²) >= 11 is 0. The van der Waals surface area contributed by atoms with Crippen LogP contribution in [0.1, 0.15) is 32.0 Å². The zero-order valence-electron chi connectivity index (χ0n) is 11.3. The van der Waals surface area contributed by atoms with Gasteiger partial charge in [0.05, 0.1) is 6.17 Å². The molecule has 0 aliphatic rings. The van der Waals surface area contributed by atoms with Crippen molar-refractivity contribution in [2.45, 2.75) is 33.4 Å². The Bertz CT molecular complexity index is 514. The molecule has 0 bridgehead atoms. The molecule has 0 aliphatic carbocycles. The first kappa shape index (κ1) is 12.8. The first-order valence-corrected chi connectivity index (χ1v) is 6.44. The summed E-state index contributed by atoms with van der Waals surface area (Å²) in [4.78, 5) is 4.46. The van der Waals surface area contributed by atoms with E-state index < -0.39 is 0 Å². The summed E-state index contributed by atoms with van der Waals surface area (Å²) in [6.07, 6.45) is 4.73. The summed E-state index contributed by atoms with van der Waals surface area (Å²) < 4.78 is 2.07. The summed E-state index contributed by atoms with van der Waals surface area (Å²) in [7, 11) is 0. The van der Waals surface area contributed by atoms with Crippen LogP contribution in [-0.4, -0.2) is 9.55 Å². The van der Waals surface area contributed by atoms with Crippen LogP contribution in [0.3, 0.4) is 0 Å². The van der Waals surface area contributed by atoms with Gasteiger partial charge in [0.15, 0.2) is 0 Å². The van der Waals surface area contributed by atoms with Gasteiger partial charge in [-0.3, -0.25) is 0 Å². The number of hydrogen-bond donors (Lipinski definition) is 1. The second-order valence-electron chi connectivity index (χ2n) is 5.17. The van der Waals surface area contributed by atoms with Crippen LogP contribution in [-0.2, 0) is 0 Å². The Morgan fingerprint density at radius 3 is 2.67 bits per heavy atom. The Hall–Kier alpha value is -1.61. The first-order valence-electron chi connectivity index (χ1n) is 6.44. The summed E-state index contributed by atoms with van der Waals surface area (Å²) in [6, 6.07) is 8.27. The van der Waals surface area contributed by atoms with E-state index in [4.69, 9.17) is 5.73 Å².